The number of fused-ring (bicyclic) bond motifs is 5. The van der Waals surface area contributed by atoms with Gasteiger partial charge in [-0.1, -0.05) is 41.9 Å². The highest BCUT2D eigenvalue weighted by Crippen LogP contribution is 2.44. The summed E-state index contributed by atoms with van der Waals surface area (Å²) in [6.45, 7) is 0.275. The van der Waals surface area contributed by atoms with Crippen LogP contribution in [-0.2, 0) is 6.42 Å². The van der Waals surface area contributed by atoms with Gasteiger partial charge in [0.25, 0.3) is 0 Å². The van der Waals surface area contributed by atoms with Gasteiger partial charge in [0.05, 0.1) is 6.04 Å². The van der Waals surface area contributed by atoms with E-state index in [4.69, 9.17) is 21.1 Å². The van der Waals surface area contributed by atoms with E-state index in [9.17, 15) is 0 Å². The van der Waals surface area contributed by atoms with E-state index in [2.05, 4.69) is 58.8 Å². The zero-order valence-corrected chi connectivity index (χ0v) is 15.7. The van der Waals surface area contributed by atoms with Crippen LogP contribution in [0.3, 0.4) is 0 Å². The van der Waals surface area contributed by atoms with Gasteiger partial charge in [0.15, 0.2) is 11.5 Å². The number of benzene rings is 3. The summed E-state index contributed by atoms with van der Waals surface area (Å²) in [5, 5.41) is 5.72. The smallest absolute Gasteiger partial charge is 0.231 e. The van der Waals surface area contributed by atoms with Crippen molar-refractivity contribution in [2.24, 2.45) is 0 Å². The molecule has 2 aliphatic heterocycles. The summed E-state index contributed by atoms with van der Waals surface area (Å²) < 4.78 is 11.2. The van der Waals surface area contributed by atoms with E-state index in [1.165, 1.54) is 22.2 Å². The van der Waals surface area contributed by atoms with Crippen LogP contribution in [0.4, 0.5) is 5.69 Å². The molecule has 2 N–H and O–H groups in total. The molecule has 0 radical (unpaired) electrons. The third-order valence-corrected chi connectivity index (χ3v) is 5.86. The number of aromatic amines is 1. The molecule has 6 rings (SSSR count). The molecule has 5 heteroatoms. The minimum Gasteiger partial charge on any atom is -0.454 e. The maximum Gasteiger partial charge on any atom is 0.231 e. The van der Waals surface area contributed by atoms with E-state index in [0.717, 1.165) is 39.7 Å². The van der Waals surface area contributed by atoms with Gasteiger partial charge in [-0.3, -0.25) is 0 Å². The molecule has 3 heterocycles. The summed E-state index contributed by atoms with van der Waals surface area (Å²) in [7, 11) is 0. The molecular weight excluding hydrogens is 372 g/mol. The molecule has 0 fully saturated rings. The molecule has 0 saturated heterocycles. The Labute approximate surface area is 167 Å². The molecule has 4 nitrogen and oxygen atoms in total. The fourth-order valence-corrected chi connectivity index (χ4v) is 4.37. The van der Waals surface area contributed by atoms with Crippen molar-refractivity contribution in [3.05, 3.63) is 88.1 Å². The first kappa shape index (κ1) is 15.9. The van der Waals surface area contributed by atoms with Crippen molar-refractivity contribution in [3.63, 3.8) is 0 Å². The lowest BCUT2D eigenvalue weighted by molar-refractivity contribution is 0.174. The molecule has 4 aromatic rings. The van der Waals surface area contributed by atoms with Crippen molar-refractivity contribution in [3.8, 4) is 11.5 Å². The molecule has 1 aromatic heterocycles. The Morgan fingerprint density at radius 1 is 0.929 bits per heavy atom. The van der Waals surface area contributed by atoms with E-state index in [1.54, 1.807) is 0 Å². The standard InChI is InChI=1S/C23H17ClN2O2/c24-15-7-5-13(6-8-15)22-23-17(16-3-1-2-4-18(16)25-23)9-14-10-20-21(28-12-27-20)11-19(14)26-22/h1-8,10-11,22,25-26H,9,12H2. The van der Waals surface area contributed by atoms with Crippen molar-refractivity contribution < 1.29 is 9.47 Å². The van der Waals surface area contributed by atoms with Crippen LogP contribution in [0.5, 0.6) is 11.5 Å². The number of ether oxygens (including phenoxy) is 2. The lowest BCUT2D eigenvalue weighted by Gasteiger charge is -2.20. The predicted molar refractivity (Wildman–Crippen MR) is 111 cm³/mol. The second kappa shape index (κ2) is 5.94. The fraction of sp³-hybridized carbons (Fsp3) is 0.130. The molecule has 1 atom stereocenters. The van der Waals surface area contributed by atoms with Crippen LogP contribution in [0.2, 0.25) is 5.02 Å². The summed E-state index contributed by atoms with van der Waals surface area (Å²) in [6.07, 6.45) is 0.822. The van der Waals surface area contributed by atoms with Crippen LogP contribution >= 0.6 is 11.6 Å². The molecule has 0 aliphatic carbocycles. The van der Waals surface area contributed by atoms with E-state index in [-0.39, 0.29) is 12.8 Å². The quantitative estimate of drug-likeness (QED) is 0.442. The number of rotatable bonds is 1. The van der Waals surface area contributed by atoms with E-state index in [1.807, 2.05) is 12.1 Å². The number of halogens is 1. The summed E-state index contributed by atoms with van der Waals surface area (Å²) in [5.41, 5.74) is 7.06. The topological polar surface area (TPSA) is 46.3 Å². The number of nitrogens with one attached hydrogen (secondary N) is 2. The molecule has 0 bridgehead atoms. The van der Waals surface area contributed by atoms with Gasteiger partial charge in [0.2, 0.25) is 6.79 Å². The SMILES string of the molecule is Clc1ccc(C2Nc3cc4c(cc3Cc3c2[nH]c2ccccc32)OCO4)cc1. The van der Waals surface area contributed by atoms with Gasteiger partial charge < -0.3 is 19.8 Å². The molecule has 2 aliphatic rings. The maximum absolute atomic E-state index is 6.13. The third-order valence-electron chi connectivity index (χ3n) is 5.60. The average molecular weight is 389 g/mol. The Hall–Kier alpha value is -3.11. The molecule has 0 spiro atoms. The van der Waals surface area contributed by atoms with Gasteiger partial charge in [-0.25, -0.2) is 0 Å². The highest BCUT2D eigenvalue weighted by atomic mass is 35.5. The van der Waals surface area contributed by atoms with Crippen LogP contribution in [0.25, 0.3) is 10.9 Å². The molecule has 138 valence electrons. The number of H-pyrrole nitrogens is 1. The van der Waals surface area contributed by atoms with Gasteiger partial charge in [0, 0.05) is 39.8 Å². The highest BCUT2D eigenvalue weighted by molar-refractivity contribution is 6.30. The van der Waals surface area contributed by atoms with Crippen molar-refractivity contribution in [2.75, 3.05) is 12.1 Å². The predicted octanol–water partition coefficient (Wildman–Crippen LogP) is 5.66. The zero-order valence-electron chi connectivity index (χ0n) is 15.0. The van der Waals surface area contributed by atoms with Crippen LogP contribution in [0.15, 0.2) is 60.7 Å². The Kier molecular flexibility index (Phi) is 3.38. The maximum atomic E-state index is 6.13. The lowest BCUT2D eigenvalue weighted by Crippen LogP contribution is -2.12. The molecule has 0 amide bonds. The van der Waals surface area contributed by atoms with Gasteiger partial charge >= 0.3 is 0 Å². The summed E-state index contributed by atoms with van der Waals surface area (Å²) in [6, 6.07) is 20.6. The first-order valence-corrected chi connectivity index (χ1v) is 9.68. The number of aromatic nitrogens is 1. The Morgan fingerprint density at radius 3 is 2.57 bits per heavy atom. The summed E-state index contributed by atoms with van der Waals surface area (Å²) in [5.74, 6) is 1.60. The molecule has 28 heavy (non-hydrogen) atoms. The van der Waals surface area contributed by atoms with Gasteiger partial charge in [-0.15, -0.1) is 0 Å². The largest absolute Gasteiger partial charge is 0.454 e. The molecule has 1 unspecified atom stereocenters. The van der Waals surface area contributed by atoms with Crippen LogP contribution < -0.4 is 14.8 Å². The van der Waals surface area contributed by atoms with Gasteiger partial charge in [0.1, 0.15) is 0 Å². The van der Waals surface area contributed by atoms with Gasteiger partial charge in [-0.05, 0) is 41.0 Å². The van der Waals surface area contributed by atoms with E-state index >= 15 is 0 Å². The number of para-hydroxylation sites is 1. The van der Waals surface area contributed by atoms with Crippen molar-refractivity contribution >= 4 is 28.2 Å². The Bertz CT molecular complexity index is 1210. The number of anilines is 1. The summed E-state index contributed by atoms with van der Waals surface area (Å²) >= 11 is 6.13. The van der Waals surface area contributed by atoms with E-state index in [0.29, 0.717) is 0 Å². The Morgan fingerprint density at radius 2 is 1.71 bits per heavy atom. The fourth-order valence-electron chi connectivity index (χ4n) is 4.25. The number of hydrogen-bond acceptors (Lipinski definition) is 3. The van der Waals surface area contributed by atoms with Crippen LogP contribution in [0.1, 0.15) is 28.4 Å². The second-order valence-electron chi connectivity index (χ2n) is 7.23. The van der Waals surface area contributed by atoms with Crippen molar-refractivity contribution in [1.82, 2.24) is 4.98 Å². The minimum atomic E-state index is -0.0127. The molecule has 0 saturated carbocycles. The Balaban J connectivity index is 1.59. The average Bonchev–Trinajstić information content (AvgIpc) is 3.27. The molecular formula is C23H17ClN2O2. The molecule has 3 aromatic carbocycles. The summed E-state index contributed by atoms with van der Waals surface area (Å²) in [4.78, 5) is 3.65. The van der Waals surface area contributed by atoms with Crippen molar-refractivity contribution in [2.45, 2.75) is 12.5 Å². The third kappa shape index (κ3) is 2.38. The zero-order chi connectivity index (χ0) is 18.7. The monoisotopic (exact) mass is 388 g/mol. The highest BCUT2D eigenvalue weighted by Gasteiger charge is 2.28. The first-order valence-electron chi connectivity index (χ1n) is 9.30. The van der Waals surface area contributed by atoms with Crippen LogP contribution in [0, 0.1) is 0 Å². The minimum absolute atomic E-state index is 0.0127. The normalized spacial score (nSPS) is 17.0. The van der Waals surface area contributed by atoms with Gasteiger partial charge in [-0.2, -0.15) is 0 Å². The second-order valence-corrected chi connectivity index (χ2v) is 7.67. The first-order chi connectivity index (χ1) is 13.8. The lowest BCUT2D eigenvalue weighted by atomic mass is 9.97. The van der Waals surface area contributed by atoms with Crippen molar-refractivity contribution in [1.29, 1.82) is 0 Å². The van der Waals surface area contributed by atoms with Crippen LogP contribution in [-0.4, -0.2) is 11.8 Å². The number of hydrogen-bond donors (Lipinski definition) is 2. The van der Waals surface area contributed by atoms with E-state index < -0.39 is 0 Å².